The first-order valence-corrected chi connectivity index (χ1v) is 6.51. The van der Waals surface area contributed by atoms with Gasteiger partial charge in [-0.15, -0.1) is 0 Å². The number of hydrogen-bond donors (Lipinski definition) is 2. The minimum atomic E-state index is -0.277. The van der Waals surface area contributed by atoms with E-state index >= 15 is 0 Å². The van der Waals surface area contributed by atoms with E-state index in [0.29, 0.717) is 22.9 Å². The van der Waals surface area contributed by atoms with Crippen LogP contribution in [-0.4, -0.2) is 19.6 Å². The number of rotatable bonds is 5. The summed E-state index contributed by atoms with van der Waals surface area (Å²) in [6.45, 7) is 1.88. The first-order valence-electron chi connectivity index (χ1n) is 6.51. The highest BCUT2D eigenvalue weighted by molar-refractivity contribution is 5.93. The van der Waals surface area contributed by atoms with Crippen molar-refractivity contribution in [3.05, 3.63) is 48.0 Å². The van der Waals surface area contributed by atoms with Crippen LogP contribution in [0.5, 0.6) is 11.5 Å². The van der Waals surface area contributed by atoms with Gasteiger partial charge in [0.15, 0.2) is 6.61 Å². The number of methoxy groups -OCH3 is 1. The van der Waals surface area contributed by atoms with E-state index in [-0.39, 0.29) is 12.5 Å². The Kier molecular flexibility index (Phi) is 4.66. The molecule has 0 aromatic heterocycles. The van der Waals surface area contributed by atoms with Gasteiger partial charge < -0.3 is 20.5 Å². The third-order valence-corrected chi connectivity index (χ3v) is 2.86. The monoisotopic (exact) mass is 286 g/mol. The zero-order valence-corrected chi connectivity index (χ0v) is 12.1. The molecule has 0 unspecified atom stereocenters. The summed E-state index contributed by atoms with van der Waals surface area (Å²) in [6.07, 6.45) is 0. The Labute approximate surface area is 123 Å². The molecular weight excluding hydrogens is 268 g/mol. The average molecular weight is 286 g/mol. The van der Waals surface area contributed by atoms with Gasteiger partial charge in [-0.1, -0.05) is 12.1 Å². The van der Waals surface area contributed by atoms with Gasteiger partial charge in [-0.25, -0.2) is 0 Å². The van der Waals surface area contributed by atoms with Crippen LogP contribution >= 0.6 is 0 Å². The van der Waals surface area contributed by atoms with Gasteiger partial charge in [0.05, 0.1) is 12.8 Å². The van der Waals surface area contributed by atoms with Crippen LogP contribution in [0.4, 0.5) is 11.4 Å². The Morgan fingerprint density at radius 2 is 2.05 bits per heavy atom. The highest BCUT2D eigenvalue weighted by Crippen LogP contribution is 2.26. The van der Waals surface area contributed by atoms with Gasteiger partial charge in [-0.3, -0.25) is 4.79 Å². The smallest absolute Gasteiger partial charge is 0.262 e. The number of nitrogens with two attached hydrogens (primary N) is 1. The van der Waals surface area contributed by atoms with Crippen molar-refractivity contribution in [2.45, 2.75) is 6.92 Å². The lowest BCUT2D eigenvalue weighted by Gasteiger charge is -2.11. The van der Waals surface area contributed by atoms with Crippen LogP contribution in [0.1, 0.15) is 5.56 Å². The first-order chi connectivity index (χ1) is 10.1. The van der Waals surface area contributed by atoms with Crippen molar-refractivity contribution < 1.29 is 14.3 Å². The molecule has 0 radical (unpaired) electrons. The SMILES string of the molecule is COc1ccc(N)cc1NC(=O)COc1cccc(C)c1. The van der Waals surface area contributed by atoms with E-state index in [1.54, 1.807) is 24.3 Å². The Morgan fingerprint density at radius 1 is 1.24 bits per heavy atom. The number of carbonyl (C=O) groups excluding carboxylic acids is 1. The number of hydrogen-bond acceptors (Lipinski definition) is 4. The third-order valence-electron chi connectivity index (χ3n) is 2.86. The van der Waals surface area contributed by atoms with Gasteiger partial charge in [0.1, 0.15) is 11.5 Å². The van der Waals surface area contributed by atoms with E-state index < -0.39 is 0 Å². The summed E-state index contributed by atoms with van der Waals surface area (Å²) < 4.78 is 10.6. The number of amides is 1. The molecular formula is C16H18N2O3. The van der Waals surface area contributed by atoms with Gasteiger partial charge in [0, 0.05) is 5.69 Å². The van der Waals surface area contributed by atoms with Gasteiger partial charge >= 0.3 is 0 Å². The molecule has 2 rings (SSSR count). The molecule has 0 atom stereocenters. The Hall–Kier alpha value is -2.69. The molecule has 1 amide bonds. The maximum absolute atomic E-state index is 11.9. The van der Waals surface area contributed by atoms with Crippen LogP contribution < -0.4 is 20.5 Å². The molecule has 0 heterocycles. The lowest BCUT2D eigenvalue weighted by molar-refractivity contribution is -0.118. The minimum Gasteiger partial charge on any atom is -0.495 e. The fraction of sp³-hybridized carbons (Fsp3) is 0.188. The van der Waals surface area contributed by atoms with E-state index in [1.165, 1.54) is 7.11 Å². The average Bonchev–Trinajstić information content (AvgIpc) is 2.45. The summed E-state index contributed by atoms with van der Waals surface area (Å²) in [6, 6.07) is 12.6. The van der Waals surface area contributed by atoms with Crippen molar-refractivity contribution in [2.24, 2.45) is 0 Å². The molecule has 0 aliphatic carbocycles. The topological polar surface area (TPSA) is 73.6 Å². The second-order valence-electron chi connectivity index (χ2n) is 4.61. The number of anilines is 2. The second kappa shape index (κ2) is 6.65. The minimum absolute atomic E-state index is 0.0819. The summed E-state index contributed by atoms with van der Waals surface area (Å²) in [4.78, 5) is 11.9. The lowest BCUT2D eigenvalue weighted by atomic mass is 10.2. The lowest BCUT2D eigenvalue weighted by Crippen LogP contribution is -2.20. The van der Waals surface area contributed by atoms with Crippen molar-refractivity contribution in [2.75, 3.05) is 24.8 Å². The molecule has 0 saturated carbocycles. The molecule has 0 fully saturated rings. The number of benzene rings is 2. The molecule has 0 spiro atoms. The predicted molar refractivity (Wildman–Crippen MR) is 82.7 cm³/mol. The molecule has 2 aromatic carbocycles. The molecule has 0 bridgehead atoms. The third kappa shape index (κ3) is 4.14. The maximum Gasteiger partial charge on any atom is 0.262 e. The van der Waals surface area contributed by atoms with E-state index in [2.05, 4.69) is 5.32 Å². The summed E-state index contributed by atoms with van der Waals surface area (Å²) >= 11 is 0. The maximum atomic E-state index is 11.9. The van der Waals surface area contributed by atoms with Crippen molar-refractivity contribution in [3.8, 4) is 11.5 Å². The predicted octanol–water partition coefficient (Wildman–Crippen LogP) is 2.60. The molecule has 5 heteroatoms. The van der Waals surface area contributed by atoms with Crippen LogP contribution in [0, 0.1) is 6.92 Å². The standard InChI is InChI=1S/C16H18N2O3/c1-11-4-3-5-13(8-11)21-10-16(19)18-14-9-12(17)6-7-15(14)20-2/h3-9H,10,17H2,1-2H3,(H,18,19). The Balaban J connectivity index is 1.97. The van der Waals surface area contributed by atoms with Gasteiger partial charge in [0.25, 0.3) is 5.91 Å². The first kappa shape index (κ1) is 14.7. The van der Waals surface area contributed by atoms with Crippen LogP contribution in [0.25, 0.3) is 0 Å². The van der Waals surface area contributed by atoms with Crippen molar-refractivity contribution in [1.82, 2.24) is 0 Å². The van der Waals surface area contributed by atoms with Crippen molar-refractivity contribution in [1.29, 1.82) is 0 Å². The summed E-state index contributed by atoms with van der Waals surface area (Å²) in [5, 5.41) is 2.72. The molecule has 0 aliphatic rings. The summed E-state index contributed by atoms with van der Waals surface area (Å²) in [5.74, 6) is 0.929. The fourth-order valence-electron chi connectivity index (χ4n) is 1.86. The Morgan fingerprint density at radius 3 is 2.76 bits per heavy atom. The van der Waals surface area contributed by atoms with Crippen LogP contribution in [-0.2, 0) is 4.79 Å². The van der Waals surface area contributed by atoms with E-state index in [0.717, 1.165) is 5.56 Å². The molecule has 0 aliphatic heterocycles. The number of carbonyl (C=O) groups is 1. The van der Waals surface area contributed by atoms with Crippen molar-refractivity contribution >= 4 is 17.3 Å². The second-order valence-corrected chi connectivity index (χ2v) is 4.61. The number of ether oxygens (including phenoxy) is 2. The van der Waals surface area contributed by atoms with Crippen molar-refractivity contribution in [3.63, 3.8) is 0 Å². The van der Waals surface area contributed by atoms with E-state index in [1.807, 2.05) is 25.1 Å². The molecule has 3 N–H and O–H groups in total. The van der Waals surface area contributed by atoms with Crippen LogP contribution in [0.2, 0.25) is 0 Å². The molecule has 0 saturated heterocycles. The Bertz CT molecular complexity index is 641. The molecule has 2 aromatic rings. The van der Waals surface area contributed by atoms with Crippen LogP contribution in [0.3, 0.4) is 0 Å². The zero-order chi connectivity index (χ0) is 15.2. The van der Waals surface area contributed by atoms with Gasteiger partial charge in [0.2, 0.25) is 0 Å². The fourth-order valence-corrected chi connectivity index (χ4v) is 1.86. The highest BCUT2D eigenvalue weighted by Gasteiger charge is 2.08. The summed E-state index contributed by atoms with van der Waals surface area (Å²) in [7, 11) is 1.53. The normalized spacial score (nSPS) is 10.0. The number of nitrogen functional groups attached to an aromatic ring is 1. The number of nitrogens with one attached hydrogen (secondary N) is 1. The van der Waals surface area contributed by atoms with Gasteiger partial charge in [-0.2, -0.15) is 0 Å². The molecule has 5 nitrogen and oxygen atoms in total. The largest absolute Gasteiger partial charge is 0.495 e. The van der Waals surface area contributed by atoms with E-state index in [4.69, 9.17) is 15.2 Å². The quantitative estimate of drug-likeness (QED) is 0.829. The molecule has 21 heavy (non-hydrogen) atoms. The van der Waals surface area contributed by atoms with E-state index in [9.17, 15) is 4.79 Å². The highest BCUT2D eigenvalue weighted by atomic mass is 16.5. The van der Waals surface area contributed by atoms with Crippen LogP contribution in [0.15, 0.2) is 42.5 Å². The zero-order valence-electron chi connectivity index (χ0n) is 12.1. The molecule has 110 valence electrons. The van der Waals surface area contributed by atoms with Gasteiger partial charge in [-0.05, 0) is 42.8 Å². The summed E-state index contributed by atoms with van der Waals surface area (Å²) in [5.41, 5.74) is 7.85. The number of aryl methyl sites for hydroxylation is 1.